The number of carbonyl (C=O) groups is 1. The summed E-state index contributed by atoms with van der Waals surface area (Å²) in [5.41, 5.74) is 2.82. The zero-order valence-corrected chi connectivity index (χ0v) is 12.7. The highest BCUT2D eigenvalue weighted by Gasteiger charge is 2.22. The van der Waals surface area contributed by atoms with E-state index in [9.17, 15) is 4.79 Å². The van der Waals surface area contributed by atoms with Crippen molar-refractivity contribution in [2.24, 2.45) is 0 Å². The first-order chi connectivity index (χ1) is 8.92. The van der Waals surface area contributed by atoms with Gasteiger partial charge in [-0.2, -0.15) is 0 Å². The number of aliphatic carboxylic acids is 1. The minimum absolute atomic E-state index is 0.0721. The van der Waals surface area contributed by atoms with Crippen molar-refractivity contribution in [3.63, 3.8) is 0 Å². The number of ether oxygens (including phenoxy) is 1. The van der Waals surface area contributed by atoms with Crippen molar-refractivity contribution in [1.29, 1.82) is 0 Å². The van der Waals surface area contributed by atoms with Gasteiger partial charge in [0.05, 0.1) is 13.0 Å². The molecule has 0 radical (unpaired) electrons. The van der Waals surface area contributed by atoms with E-state index in [1.54, 1.807) is 0 Å². The van der Waals surface area contributed by atoms with E-state index in [0.717, 1.165) is 28.9 Å². The molecule has 0 heterocycles. The molecule has 0 spiro atoms. The molecule has 4 heteroatoms. The second-order valence-electron chi connectivity index (χ2n) is 4.68. The van der Waals surface area contributed by atoms with E-state index in [4.69, 9.17) is 21.4 Å². The van der Waals surface area contributed by atoms with Crippen LogP contribution in [0.5, 0.6) is 5.75 Å². The van der Waals surface area contributed by atoms with Crippen molar-refractivity contribution < 1.29 is 14.6 Å². The Labute approximate surface area is 119 Å². The summed E-state index contributed by atoms with van der Waals surface area (Å²) in [6, 6.07) is 1.90. The number of hydrogen-bond donors (Lipinski definition) is 1. The van der Waals surface area contributed by atoms with Gasteiger partial charge in [0, 0.05) is 10.6 Å². The molecule has 0 aliphatic heterocycles. The summed E-state index contributed by atoms with van der Waals surface area (Å²) in [4.78, 5) is 11.0. The maximum absolute atomic E-state index is 11.0. The van der Waals surface area contributed by atoms with E-state index in [1.165, 1.54) is 0 Å². The molecule has 1 aromatic rings. The number of halogens is 1. The summed E-state index contributed by atoms with van der Waals surface area (Å²) in [5.74, 6) is -0.113. The first-order valence-electron chi connectivity index (χ1n) is 6.56. The average molecular weight is 285 g/mol. The molecule has 1 unspecified atom stereocenters. The van der Waals surface area contributed by atoms with Crippen molar-refractivity contribution in [3.8, 4) is 5.75 Å². The normalized spacial score (nSPS) is 12.3. The summed E-state index contributed by atoms with van der Waals surface area (Å²) in [5, 5.41) is 9.73. The third kappa shape index (κ3) is 3.63. The second-order valence-corrected chi connectivity index (χ2v) is 5.06. The van der Waals surface area contributed by atoms with Gasteiger partial charge in [-0.1, -0.05) is 18.5 Å². The number of hydrogen-bond acceptors (Lipinski definition) is 2. The monoisotopic (exact) mass is 284 g/mol. The van der Waals surface area contributed by atoms with Crippen LogP contribution < -0.4 is 4.74 Å². The van der Waals surface area contributed by atoms with E-state index in [1.807, 2.05) is 33.8 Å². The van der Waals surface area contributed by atoms with Crippen LogP contribution in [0.1, 0.15) is 49.3 Å². The predicted molar refractivity (Wildman–Crippen MR) is 77.4 cm³/mol. The highest BCUT2D eigenvalue weighted by molar-refractivity contribution is 6.32. The van der Waals surface area contributed by atoms with E-state index in [-0.39, 0.29) is 12.3 Å². The van der Waals surface area contributed by atoms with E-state index < -0.39 is 5.97 Å². The summed E-state index contributed by atoms with van der Waals surface area (Å²) in [6.45, 7) is 8.31. The molecule has 0 aliphatic carbocycles. The fourth-order valence-corrected chi connectivity index (χ4v) is 2.54. The van der Waals surface area contributed by atoms with Crippen LogP contribution in [0.15, 0.2) is 6.07 Å². The van der Waals surface area contributed by atoms with Gasteiger partial charge in [0.25, 0.3) is 0 Å². The SMILES string of the molecule is CCOc1cc(C)c(Cl)c(C)c1C(CC)CC(=O)O. The van der Waals surface area contributed by atoms with Crippen molar-refractivity contribution in [2.75, 3.05) is 6.61 Å². The van der Waals surface area contributed by atoms with Gasteiger partial charge in [0.1, 0.15) is 5.75 Å². The first-order valence-corrected chi connectivity index (χ1v) is 6.94. The van der Waals surface area contributed by atoms with Gasteiger partial charge < -0.3 is 9.84 Å². The fraction of sp³-hybridized carbons (Fsp3) is 0.533. The Morgan fingerprint density at radius 2 is 2.05 bits per heavy atom. The molecule has 0 bridgehead atoms. The number of benzene rings is 1. The highest BCUT2D eigenvalue weighted by atomic mass is 35.5. The van der Waals surface area contributed by atoms with E-state index in [2.05, 4.69) is 0 Å². The largest absolute Gasteiger partial charge is 0.494 e. The number of aryl methyl sites for hydroxylation is 1. The van der Waals surface area contributed by atoms with Crippen LogP contribution in [0.3, 0.4) is 0 Å². The van der Waals surface area contributed by atoms with Crippen molar-refractivity contribution in [3.05, 3.63) is 27.8 Å². The van der Waals surface area contributed by atoms with Gasteiger partial charge in [-0.15, -0.1) is 0 Å². The molecular formula is C15H21ClO3. The zero-order valence-electron chi connectivity index (χ0n) is 11.9. The molecule has 1 aromatic carbocycles. The maximum atomic E-state index is 11.0. The molecule has 1 rings (SSSR count). The third-order valence-corrected chi connectivity index (χ3v) is 3.90. The summed E-state index contributed by atoms with van der Waals surface area (Å²) < 4.78 is 5.67. The Morgan fingerprint density at radius 1 is 1.42 bits per heavy atom. The fourth-order valence-electron chi connectivity index (χ4n) is 2.38. The van der Waals surface area contributed by atoms with Crippen LogP contribution in [-0.2, 0) is 4.79 Å². The Hall–Kier alpha value is -1.22. The lowest BCUT2D eigenvalue weighted by Crippen LogP contribution is -2.10. The molecule has 0 aromatic heterocycles. The summed E-state index contributed by atoms with van der Waals surface area (Å²) in [7, 11) is 0. The maximum Gasteiger partial charge on any atom is 0.303 e. The van der Waals surface area contributed by atoms with Crippen LogP contribution in [0.4, 0.5) is 0 Å². The standard InChI is InChI=1S/C15H21ClO3/c1-5-11(8-13(17)18)14-10(4)15(16)9(3)7-12(14)19-6-2/h7,11H,5-6,8H2,1-4H3,(H,17,18). The van der Waals surface area contributed by atoms with Gasteiger partial charge >= 0.3 is 5.97 Å². The van der Waals surface area contributed by atoms with Gasteiger partial charge in [0.15, 0.2) is 0 Å². The molecule has 0 saturated heterocycles. The Morgan fingerprint density at radius 3 is 2.53 bits per heavy atom. The molecule has 106 valence electrons. The lowest BCUT2D eigenvalue weighted by molar-refractivity contribution is -0.137. The van der Waals surface area contributed by atoms with Crippen LogP contribution in [0, 0.1) is 13.8 Å². The first kappa shape index (κ1) is 15.8. The van der Waals surface area contributed by atoms with Crippen LogP contribution in [-0.4, -0.2) is 17.7 Å². The van der Waals surface area contributed by atoms with Crippen molar-refractivity contribution in [1.82, 2.24) is 0 Å². The van der Waals surface area contributed by atoms with Crippen LogP contribution in [0.2, 0.25) is 5.02 Å². The van der Waals surface area contributed by atoms with Gasteiger partial charge in [-0.25, -0.2) is 0 Å². The smallest absolute Gasteiger partial charge is 0.303 e. The molecule has 19 heavy (non-hydrogen) atoms. The minimum Gasteiger partial charge on any atom is -0.494 e. The van der Waals surface area contributed by atoms with Gasteiger partial charge in [0.2, 0.25) is 0 Å². The summed E-state index contributed by atoms with van der Waals surface area (Å²) in [6.07, 6.45) is 0.837. The molecule has 0 amide bonds. The topological polar surface area (TPSA) is 46.5 Å². The molecular weight excluding hydrogens is 264 g/mol. The van der Waals surface area contributed by atoms with Crippen LogP contribution in [0.25, 0.3) is 0 Å². The lowest BCUT2D eigenvalue weighted by Gasteiger charge is -2.22. The Balaban J connectivity index is 3.36. The molecule has 3 nitrogen and oxygen atoms in total. The number of rotatable bonds is 6. The molecule has 0 aliphatic rings. The Kier molecular flexibility index (Phi) is 5.67. The molecule has 1 atom stereocenters. The Bertz CT molecular complexity index is 469. The number of carboxylic acid groups (broad SMARTS) is 1. The van der Waals surface area contributed by atoms with Crippen molar-refractivity contribution in [2.45, 2.75) is 46.5 Å². The lowest BCUT2D eigenvalue weighted by atomic mass is 9.88. The highest BCUT2D eigenvalue weighted by Crippen LogP contribution is 2.39. The van der Waals surface area contributed by atoms with Crippen molar-refractivity contribution >= 4 is 17.6 Å². The average Bonchev–Trinajstić information content (AvgIpc) is 2.34. The molecule has 0 fully saturated rings. The minimum atomic E-state index is -0.801. The quantitative estimate of drug-likeness (QED) is 0.846. The van der Waals surface area contributed by atoms with E-state index >= 15 is 0 Å². The third-order valence-electron chi connectivity index (χ3n) is 3.31. The zero-order chi connectivity index (χ0) is 14.6. The van der Waals surface area contributed by atoms with Gasteiger partial charge in [-0.3, -0.25) is 4.79 Å². The van der Waals surface area contributed by atoms with Gasteiger partial charge in [-0.05, 0) is 50.3 Å². The van der Waals surface area contributed by atoms with E-state index in [0.29, 0.717) is 11.6 Å². The van der Waals surface area contributed by atoms with Crippen LogP contribution >= 0.6 is 11.6 Å². The second kappa shape index (κ2) is 6.80. The predicted octanol–water partition coefficient (Wildman–Crippen LogP) is 4.32. The summed E-state index contributed by atoms with van der Waals surface area (Å²) >= 11 is 6.29. The molecule has 0 saturated carbocycles. The number of carboxylic acids is 1. The molecule has 1 N–H and O–H groups in total.